The van der Waals surface area contributed by atoms with Crippen LogP contribution in [0.2, 0.25) is 0 Å². The van der Waals surface area contributed by atoms with Crippen molar-refractivity contribution in [3.8, 4) is 12.1 Å². The molecule has 19 heavy (non-hydrogen) atoms. The lowest BCUT2D eigenvalue weighted by molar-refractivity contribution is 0.0656. The fraction of sp³-hybridized carbons (Fsp3) is 0.875. The first-order valence-corrected chi connectivity index (χ1v) is 7.43. The van der Waals surface area contributed by atoms with E-state index in [1.165, 1.54) is 12.8 Å². The summed E-state index contributed by atoms with van der Waals surface area (Å²) in [4.78, 5) is 2.23. The average Bonchev–Trinajstić information content (AvgIpc) is 2.43. The summed E-state index contributed by atoms with van der Waals surface area (Å²) in [5.74, 6) is 0.823. The van der Waals surface area contributed by atoms with Crippen molar-refractivity contribution in [3.05, 3.63) is 0 Å². The van der Waals surface area contributed by atoms with Crippen molar-refractivity contribution in [2.75, 3.05) is 13.6 Å². The highest BCUT2D eigenvalue weighted by Crippen LogP contribution is 2.43. The smallest absolute Gasteiger partial charge is 0.0672 e. The van der Waals surface area contributed by atoms with Crippen molar-refractivity contribution in [1.82, 2.24) is 4.90 Å². The molecule has 0 aliphatic heterocycles. The fourth-order valence-corrected chi connectivity index (χ4v) is 3.18. The van der Waals surface area contributed by atoms with Gasteiger partial charge in [-0.1, -0.05) is 27.2 Å². The van der Waals surface area contributed by atoms with Crippen LogP contribution in [0.1, 0.15) is 52.9 Å². The molecule has 0 spiro atoms. The number of rotatable bonds is 5. The molecule has 0 saturated heterocycles. The van der Waals surface area contributed by atoms with Gasteiger partial charge < -0.3 is 4.90 Å². The van der Waals surface area contributed by atoms with Gasteiger partial charge in [0.1, 0.15) is 0 Å². The summed E-state index contributed by atoms with van der Waals surface area (Å²) < 4.78 is 0. The molecule has 1 rings (SSSR count). The molecule has 0 N–H and O–H groups in total. The van der Waals surface area contributed by atoms with Gasteiger partial charge in [0, 0.05) is 19.0 Å². The maximum absolute atomic E-state index is 9.34. The first-order valence-electron chi connectivity index (χ1n) is 7.43. The Morgan fingerprint density at radius 3 is 2.47 bits per heavy atom. The van der Waals surface area contributed by atoms with E-state index in [4.69, 9.17) is 5.26 Å². The van der Waals surface area contributed by atoms with E-state index in [0.717, 1.165) is 19.4 Å². The van der Waals surface area contributed by atoms with Gasteiger partial charge in [0.05, 0.1) is 18.1 Å². The van der Waals surface area contributed by atoms with Gasteiger partial charge in [-0.3, -0.25) is 0 Å². The van der Waals surface area contributed by atoms with Crippen LogP contribution in [0, 0.1) is 39.9 Å². The normalized spacial score (nSPS) is 27.8. The van der Waals surface area contributed by atoms with Gasteiger partial charge in [-0.05, 0) is 37.6 Å². The van der Waals surface area contributed by atoms with Gasteiger partial charge >= 0.3 is 0 Å². The molecule has 3 atom stereocenters. The number of hydrogen-bond acceptors (Lipinski definition) is 3. The summed E-state index contributed by atoms with van der Waals surface area (Å²) in [5.41, 5.74) is 0.356. The SMILES string of the molecule is CCC(C)(C)C1CCC(C#N)C(N(C)CCC#N)C1. The minimum Gasteiger partial charge on any atom is -0.301 e. The van der Waals surface area contributed by atoms with Gasteiger partial charge in [-0.2, -0.15) is 10.5 Å². The van der Waals surface area contributed by atoms with Crippen molar-refractivity contribution in [3.63, 3.8) is 0 Å². The first kappa shape index (κ1) is 16.0. The molecule has 106 valence electrons. The second-order valence-corrected chi connectivity index (χ2v) is 6.54. The third-order valence-electron chi connectivity index (χ3n) is 5.14. The van der Waals surface area contributed by atoms with E-state index in [-0.39, 0.29) is 5.92 Å². The van der Waals surface area contributed by atoms with Crippen molar-refractivity contribution in [1.29, 1.82) is 10.5 Å². The summed E-state index contributed by atoms with van der Waals surface area (Å²) in [5, 5.41) is 18.1. The van der Waals surface area contributed by atoms with Crippen LogP contribution in [0.4, 0.5) is 0 Å². The summed E-state index contributed by atoms with van der Waals surface area (Å²) >= 11 is 0. The van der Waals surface area contributed by atoms with E-state index in [1.807, 2.05) is 0 Å². The second kappa shape index (κ2) is 6.92. The number of hydrogen-bond donors (Lipinski definition) is 0. The first-order chi connectivity index (χ1) is 8.96. The predicted molar refractivity (Wildman–Crippen MR) is 77.2 cm³/mol. The number of nitriles is 2. The van der Waals surface area contributed by atoms with Crippen LogP contribution in [0.3, 0.4) is 0 Å². The minimum atomic E-state index is 0.132. The zero-order valence-electron chi connectivity index (χ0n) is 12.8. The highest BCUT2D eigenvalue weighted by Gasteiger charge is 2.38. The summed E-state index contributed by atoms with van der Waals surface area (Å²) in [7, 11) is 2.06. The molecule has 0 aromatic heterocycles. The molecule has 1 fully saturated rings. The molecule has 3 heteroatoms. The van der Waals surface area contributed by atoms with Crippen molar-refractivity contribution in [2.45, 2.75) is 58.9 Å². The van der Waals surface area contributed by atoms with Gasteiger partial charge in [0.15, 0.2) is 0 Å². The summed E-state index contributed by atoms with van der Waals surface area (Å²) in [6.07, 6.45) is 5.01. The quantitative estimate of drug-likeness (QED) is 0.760. The summed E-state index contributed by atoms with van der Waals surface area (Å²) in [6.45, 7) is 7.72. The lowest BCUT2D eigenvalue weighted by Gasteiger charge is -2.44. The van der Waals surface area contributed by atoms with Crippen molar-refractivity contribution >= 4 is 0 Å². The molecule has 0 radical (unpaired) electrons. The fourth-order valence-electron chi connectivity index (χ4n) is 3.18. The Kier molecular flexibility index (Phi) is 5.83. The van der Waals surface area contributed by atoms with Gasteiger partial charge in [0.2, 0.25) is 0 Å². The van der Waals surface area contributed by atoms with E-state index in [0.29, 0.717) is 23.8 Å². The van der Waals surface area contributed by atoms with Crippen LogP contribution in [0.5, 0.6) is 0 Å². The van der Waals surface area contributed by atoms with Gasteiger partial charge in [0.25, 0.3) is 0 Å². The lowest BCUT2D eigenvalue weighted by atomic mass is 9.66. The largest absolute Gasteiger partial charge is 0.301 e. The van der Waals surface area contributed by atoms with Crippen molar-refractivity contribution in [2.24, 2.45) is 17.3 Å². The highest BCUT2D eigenvalue weighted by molar-refractivity contribution is 4.99. The van der Waals surface area contributed by atoms with E-state index >= 15 is 0 Å². The van der Waals surface area contributed by atoms with Crippen LogP contribution in [0.15, 0.2) is 0 Å². The predicted octanol–water partition coefficient (Wildman–Crippen LogP) is 3.58. The standard InChI is InChI=1S/C16H27N3/c1-5-16(2,3)14-8-7-13(12-18)15(11-14)19(4)10-6-9-17/h13-15H,5-8,10-11H2,1-4H3. The molecule has 0 heterocycles. The molecule has 0 aromatic rings. The van der Waals surface area contributed by atoms with Crippen molar-refractivity contribution < 1.29 is 0 Å². The Balaban J connectivity index is 2.75. The monoisotopic (exact) mass is 261 g/mol. The lowest BCUT2D eigenvalue weighted by Crippen LogP contribution is -2.45. The molecule has 1 aliphatic carbocycles. The maximum Gasteiger partial charge on any atom is 0.0672 e. The number of nitrogens with zero attached hydrogens (tertiary/aromatic N) is 3. The second-order valence-electron chi connectivity index (χ2n) is 6.54. The molecule has 1 saturated carbocycles. The molecule has 1 aliphatic rings. The van der Waals surface area contributed by atoms with Gasteiger partial charge in [-0.15, -0.1) is 0 Å². The Morgan fingerprint density at radius 1 is 1.26 bits per heavy atom. The molecule has 0 aromatic carbocycles. The Bertz CT molecular complexity index is 361. The zero-order valence-corrected chi connectivity index (χ0v) is 12.8. The molecule has 0 bridgehead atoms. The van der Waals surface area contributed by atoms with Crippen LogP contribution < -0.4 is 0 Å². The Morgan fingerprint density at radius 2 is 1.95 bits per heavy atom. The average molecular weight is 261 g/mol. The summed E-state index contributed by atoms with van der Waals surface area (Å²) in [6, 6.07) is 5.00. The highest BCUT2D eigenvalue weighted by atomic mass is 15.1. The van der Waals surface area contributed by atoms with Crippen LogP contribution >= 0.6 is 0 Å². The topological polar surface area (TPSA) is 50.8 Å². The van der Waals surface area contributed by atoms with E-state index in [9.17, 15) is 5.26 Å². The molecular weight excluding hydrogens is 234 g/mol. The Hall–Kier alpha value is -1.06. The van der Waals surface area contributed by atoms with E-state index in [2.05, 4.69) is 44.9 Å². The zero-order chi connectivity index (χ0) is 14.5. The molecule has 3 nitrogen and oxygen atoms in total. The van der Waals surface area contributed by atoms with E-state index < -0.39 is 0 Å². The minimum absolute atomic E-state index is 0.132. The Labute approximate surface area is 118 Å². The maximum atomic E-state index is 9.34. The van der Waals surface area contributed by atoms with E-state index in [1.54, 1.807) is 0 Å². The van der Waals surface area contributed by atoms with Crippen LogP contribution in [-0.2, 0) is 0 Å². The third-order valence-corrected chi connectivity index (χ3v) is 5.14. The van der Waals surface area contributed by atoms with Crippen LogP contribution in [-0.4, -0.2) is 24.5 Å². The van der Waals surface area contributed by atoms with Crippen LogP contribution in [0.25, 0.3) is 0 Å². The van der Waals surface area contributed by atoms with Gasteiger partial charge in [-0.25, -0.2) is 0 Å². The third kappa shape index (κ3) is 3.95. The molecule has 3 unspecified atom stereocenters. The molecule has 0 amide bonds. The molecular formula is C16H27N3.